The van der Waals surface area contributed by atoms with E-state index in [2.05, 4.69) is 48.3 Å². The molecule has 0 aliphatic carbocycles. The molecule has 6 heteroatoms. The molecule has 1 aromatic heterocycles. The van der Waals surface area contributed by atoms with Crippen LogP contribution < -0.4 is 5.32 Å². The van der Waals surface area contributed by atoms with Gasteiger partial charge in [0.25, 0.3) is 0 Å². The quantitative estimate of drug-likeness (QED) is 0.864. The Morgan fingerprint density at radius 2 is 2.00 bits per heavy atom. The fourth-order valence-electron chi connectivity index (χ4n) is 2.91. The molecular formula is C17H30N4OS. The molecule has 1 fully saturated rings. The minimum absolute atomic E-state index is 0.00725. The summed E-state index contributed by atoms with van der Waals surface area (Å²) >= 11 is 1.73. The van der Waals surface area contributed by atoms with Crippen LogP contribution in [0.15, 0.2) is 12.1 Å². The van der Waals surface area contributed by atoms with Crippen molar-refractivity contribution in [2.24, 2.45) is 0 Å². The number of rotatable bonds is 6. The second-order valence-corrected chi connectivity index (χ2v) is 7.98. The Morgan fingerprint density at radius 3 is 2.61 bits per heavy atom. The number of carbonyl (C=O) groups excluding carboxylic acids is 1. The van der Waals surface area contributed by atoms with Gasteiger partial charge in [-0.2, -0.15) is 0 Å². The van der Waals surface area contributed by atoms with E-state index in [4.69, 9.17) is 0 Å². The van der Waals surface area contributed by atoms with Crippen LogP contribution in [0.4, 0.5) is 4.79 Å². The minimum atomic E-state index is 0.00725. The molecular weight excluding hydrogens is 308 g/mol. The molecule has 2 heterocycles. The molecule has 1 N–H and O–H groups in total. The second kappa shape index (κ2) is 8.66. The van der Waals surface area contributed by atoms with Crippen molar-refractivity contribution in [2.45, 2.75) is 32.4 Å². The summed E-state index contributed by atoms with van der Waals surface area (Å²) in [6, 6.07) is 4.82. The van der Waals surface area contributed by atoms with Gasteiger partial charge < -0.3 is 20.0 Å². The summed E-state index contributed by atoms with van der Waals surface area (Å²) in [4.78, 5) is 21.2. The van der Waals surface area contributed by atoms with Crippen molar-refractivity contribution in [1.29, 1.82) is 0 Å². The van der Waals surface area contributed by atoms with E-state index < -0.39 is 0 Å². The van der Waals surface area contributed by atoms with E-state index >= 15 is 0 Å². The Bertz CT molecular complexity index is 497. The number of urea groups is 1. The van der Waals surface area contributed by atoms with E-state index in [0.29, 0.717) is 12.6 Å². The standard InChI is InChI=1S/C17H30N4OS/c1-14-5-6-16(23-14)13-18-17(22)21(4)12-11-20(3)15-7-9-19(2)10-8-15/h5-6,15H,7-13H2,1-4H3,(H,18,22). The normalized spacial score (nSPS) is 16.7. The first-order chi connectivity index (χ1) is 11.0. The number of aryl methyl sites for hydroxylation is 1. The lowest BCUT2D eigenvalue weighted by atomic mass is 10.0. The van der Waals surface area contributed by atoms with Crippen molar-refractivity contribution in [1.82, 2.24) is 20.0 Å². The molecule has 0 radical (unpaired) electrons. The lowest BCUT2D eigenvalue weighted by molar-refractivity contribution is 0.135. The van der Waals surface area contributed by atoms with Gasteiger partial charge in [-0.15, -0.1) is 11.3 Å². The number of likely N-dealkylation sites (N-methyl/N-ethyl adjacent to an activating group) is 2. The Labute approximate surface area is 144 Å². The highest BCUT2D eigenvalue weighted by molar-refractivity contribution is 7.11. The van der Waals surface area contributed by atoms with Gasteiger partial charge in [0.2, 0.25) is 0 Å². The Kier molecular flexibility index (Phi) is 6.87. The van der Waals surface area contributed by atoms with Crippen molar-refractivity contribution in [3.05, 3.63) is 21.9 Å². The smallest absolute Gasteiger partial charge is 0.317 e. The molecule has 0 aromatic carbocycles. The molecule has 0 saturated carbocycles. The van der Waals surface area contributed by atoms with Crippen molar-refractivity contribution < 1.29 is 4.79 Å². The van der Waals surface area contributed by atoms with Gasteiger partial charge >= 0.3 is 6.03 Å². The van der Waals surface area contributed by atoms with E-state index in [0.717, 1.165) is 13.1 Å². The zero-order valence-corrected chi connectivity index (χ0v) is 15.7. The van der Waals surface area contributed by atoms with Gasteiger partial charge in [-0.05, 0) is 59.1 Å². The largest absolute Gasteiger partial charge is 0.333 e. The Balaban J connectivity index is 1.66. The number of hydrogen-bond acceptors (Lipinski definition) is 4. The highest BCUT2D eigenvalue weighted by atomic mass is 32.1. The molecule has 2 rings (SSSR count). The highest BCUT2D eigenvalue weighted by Crippen LogP contribution is 2.15. The van der Waals surface area contributed by atoms with Crippen LogP contribution in [0, 0.1) is 6.92 Å². The summed E-state index contributed by atoms with van der Waals surface area (Å²) in [6.07, 6.45) is 2.45. The van der Waals surface area contributed by atoms with Gasteiger partial charge in [0.05, 0.1) is 6.54 Å². The molecule has 1 saturated heterocycles. The van der Waals surface area contributed by atoms with Crippen molar-refractivity contribution in [3.63, 3.8) is 0 Å². The fraction of sp³-hybridized carbons (Fsp3) is 0.706. The predicted molar refractivity (Wildman–Crippen MR) is 97.1 cm³/mol. The molecule has 1 aromatic rings. The third-order valence-corrected chi connectivity index (χ3v) is 5.66. The first-order valence-electron chi connectivity index (χ1n) is 8.39. The van der Waals surface area contributed by atoms with Gasteiger partial charge in [-0.25, -0.2) is 4.79 Å². The molecule has 0 unspecified atom stereocenters. The number of nitrogens with zero attached hydrogens (tertiary/aromatic N) is 3. The Morgan fingerprint density at radius 1 is 1.30 bits per heavy atom. The summed E-state index contributed by atoms with van der Waals surface area (Å²) < 4.78 is 0. The van der Waals surface area contributed by atoms with Gasteiger partial charge in [0.1, 0.15) is 0 Å². The van der Waals surface area contributed by atoms with Gasteiger partial charge in [0.15, 0.2) is 0 Å². The number of likely N-dealkylation sites (tertiary alicyclic amines) is 1. The van der Waals surface area contributed by atoms with Gasteiger partial charge in [-0.3, -0.25) is 0 Å². The number of hydrogen-bond donors (Lipinski definition) is 1. The van der Waals surface area contributed by atoms with Gasteiger partial charge in [-0.1, -0.05) is 0 Å². The number of piperidine rings is 1. The summed E-state index contributed by atoms with van der Waals surface area (Å²) in [5.41, 5.74) is 0. The van der Waals surface area contributed by atoms with E-state index in [1.807, 2.05) is 7.05 Å². The number of nitrogens with one attached hydrogen (secondary N) is 1. The lowest BCUT2D eigenvalue weighted by Crippen LogP contribution is -2.46. The molecule has 130 valence electrons. The fourth-order valence-corrected chi connectivity index (χ4v) is 3.74. The van der Waals surface area contributed by atoms with E-state index in [9.17, 15) is 4.79 Å². The van der Waals surface area contributed by atoms with E-state index in [1.54, 1.807) is 16.2 Å². The van der Waals surface area contributed by atoms with E-state index in [-0.39, 0.29) is 6.03 Å². The molecule has 23 heavy (non-hydrogen) atoms. The average Bonchev–Trinajstić information content (AvgIpc) is 2.96. The SMILES string of the molecule is Cc1ccc(CNC(=O)N(C)CCN(C)C2CCN(C)CC2)s1. The molecule has 0 atom stereocenters. The van der Waals surface area contributed by atoms with Crippen LogP contribution in [-0.2, 0) is 6.54 Å². The number of thiophene rings is 1. The molecule has 2 amide bonds. The molecule has 1 aliphatic rings. The van der Waals surface area contributed by atoms with Crippen molar-refractivity contribution in [3.8, 4) is 0 Å². The summed E-state index contributed by atoms with van der Waals surface area (Å²) in [5.74, 6) is 0. The maximum absolute atomic E-state index is 12.1. The first kappa shape index (κ1) is 18.2. The minimum Gasteiger partial charge on any atom is -0.333 e. The van der Waals surface area contributed by atoms with Crippen LogP contribution in [0.5, 0.6) is 0 Å². The third-order valence-electron chi connectivity index (χ3n) is 4.66. The Hall–Kier alpha value is -1.11. The second-order valence-electron chi connectivity index (χ2n) is 6.61. The summed E-state index contributed by atoms with van der Waals surface area (Å²) in [5, 5.41) is 2.99. The van der Waals surface area contributed by atoms with Crippen LogP contribution in [0.3, 0.4) is 0 Å². The van der Waals surface area contributed by atoms with Crippen LogP contribution in [0.25, 0.3) is 0 Å². The van der Waals surface area contributed by atoms with Crippen molar-refractivity contribution in [2.75, 3.05) is 47.3 Å². The van der Waals surface area contributed by atoms with E-state index in [1.165, 1.54) is 35.7 Å². The van der Waals surface area contributed by atoms with Crippen LogP contribution in [0.2, 0.25) is 0 Å². The molecule has 0 spiro atoms. The third kappa shape index (κ3) is 5.79. The first-order valence-corrected chi connectivity index (χ1v) is 9.20. The van der Waals surface area contributed by atoms with Crippen LogP contribution >= 0.6 is 11.3 Å². The average molecular weight is 339 g/mol. The summed E-state index contributed by atoms with van der Waals surface area (Å²) in [6.45, 7) is 6.74. The maximum Gasteiger partial charge on any atom is 0.317 e. The number of carbonyl (C=O) groups is 1. The molecule has 1 aliphatic heterocycles. The topological polar surface area (TPSA) is 38.8 Å². The van der Waals surface area contributed by atoms with Gasteiger partial charge in [0, 0.05) is 35.9 Å². The zero-order valence-electron chi connectivity index (χ0n) is 14.8. The van der Waals surface area contributed by atoms with Crippen molar-refractivity contribution >= 4 is 17.4 Å². The maximum atomic E-state index is 12.1. The highest BCUT2D eigenvalue weighted by Gasteiger charge is 2.20. The summed E-state index contributed by atoms with van der Waals surface area (Å²) in [7, 11) is 6.23. The van der Waals surface area contributed by atoms with Crippen LogP contribution in [-0.4, -0.2) is 74.1 Å². The monoisotopic (exact) mass is 338 g/mol. The number of amides is 2. The predicted octanol–water partition coefficient (Wildman–Crippen LogP) is 2.22. The van der Waals surface area contributed by atoms with Crippen LogP contribution in [0.1, 0.15) is 22.6 Å². The molecule has 0 bridgehead atoms. The molecule has 5 nitrogen and oxygen atoms in total. The zero-order chi connectivity index (χ0) is 16.8. The lowest BCUT2D eigenvalue weighted by Gasteiger charge is -2.35.